The first-order valence-corrected chi connectivity index (χ1v) is 6.66. The van der Waals surface area contributed by atoms with E-state index in [1.165, 1.54) is 6.07 Å². The van der Waals surface area contributed by atoms with Gasteiger partial charge in [0.25, 0.3) is 5.78 Å². The minimum absolute atomic E-state index is 0.338. The normalized spacial score (nSPS) is 11.3. The lowest BCUT2D eigenvalue weighted by atomic mass is 10.1. The van der Waals surface area contributed by atoms with Crippen molar-refractivity contribution in [2.24, 2.45) is 0 Å². The van der Waals surface area contributed by atoms with Crippen molar-refractivity contribution in [2.45, 2.75) is 0 Å². The van der Waals surface area contributed by atoms with E-state index in [0.717, 1.165) is 10.9 Å². The molecule has 4 aromatic rings. The molecule has 0 aliphatic rings. The fourth-order valence-electron chi connectivity index (χ4n) is 2.40. The smallest absolute Gasteiger partial charge is 0.255 e. The predicted octanol–water partition coefficient (Wildman–Crippen LogP) is 3.74. The monoisotopic (exact) mass is 298 g/mol. The molecule has 6 heteroatoms. The van der Waals surface area contributed by atoms with Gasteiger partial charge in [-0.25, -0.2) is 9.37 Å². The molecular formula is C15H8ClFN4. The van der Waals surface area contributed by atoms with E-state index in [-0.39, 0.29) is 5.82 Å². The summed E-state index contributed by atoms with van der Waals surface area (Å²) in [6, 6.07) is 11.9. The molecule has 0 saturated heterocycles. The number of aromatic nitrogens is 4. The van der Waals surface area contributed by atoms with Crippen LogP contribution >= 0.6 is 11.6 Å². The third-order valence-corrected chi connectivity index (χ3v) is 3.58. The Bertz CT molecular complexity index is 980. The van der Waals surface area contributed by atoms with Crippen LogP contribution in [0.2, 0.25) is 5.02 Å². The lowest BCUT2D eigenvalue weighted by Gasteiger charge is -2.09. The molecule has 4 rings (SSSR count). The minimum atomic E-state index is -0.338. The van der Waals surface area contributed by atoms with Crippen LogP contribution < -0.4 is 0 Å². The summed E-state index contributed by atoms with van der Waals surface area (Å²) in [6.45, 7) is 0. The summed E-state index contributed by atoms with van der Waals surface area (Å²) in [5, 5.41) is 9.12. The third-order valence-electron chi connectivity index (χ3n) is 3.34. The second-order valence-electron chi connectivity index (χ2n) is 4.60. The van der Waals surface area contributed by atoms with Crippen LogP contribution in [0.5, 0.6) is 0 Å². The zero-order chi connectivity index (χ0) is 14.4. The predicted molar refractivity (Wildman–Crippen MR) is 78.7 cm³/mol. The number of hydrogen-bond acceptors (Lipinski definition) is 3. The summed E-state index contributed by atoms with van der Waals surface area (Å²) in [7, 11) is 0. The summed E-state index contributed by atoms with van der Waals surface area (Å²) in [6.07, 6.45) is 1.57. The summed E-state index contributed by atoms with van der Waals surface area (Å²) in [4.78, 5) is 4.43. The van der Waals surface area contributed by atoms with Crippen LogP contribution in [0.1, 0.15) is 0 Å². The maximum absolute atomic E-state index is 14.1. The van der Waals surface area contributed by atoms with E-state index < -0.39 is 0 Å². The van der Waals surface area contributed by atoms with Gasteiger partial charge in [0.15, 0.2) is 0 Å². The number of fused-ring (bicyclic) bond motifs is 3. The summed E-state index contributed by atoms with van der Waals surface area (Å²) in [5.74, 6) is 0.0817. The maximum atomic E-state index is 14.1. The van der Waals surface area contributed by atoms with E-state index in [4.69, 9.17) is 11.6 Å². The number of halogens is 2. The molecule has 2 aromatic heterocycles. The molecule has 0 spiro atoms. The molecule has 0 fully saturated rings. The van der Waals surface area contributed by atoms with Crippen molar-refractivity contribution in [2.75, 3.05) is 0 Å². The minimum Gasteiger partial charge on any atom is -0.265 e. The van der Waals surface area contributed by atoms with Crippen molar-refractivity contribution >= 4 is 28.3 Å². The van der Waals surface area contributed by atoms with Gasteiger partial charge in [0, 0.05) is 16.0 Å². The van der Waals surface area contributed by atoms with Crippen molar-refractivity contribution in [1.29, 1.82) is 0 Å². The molecule has 0 aliphatic carbocycles. The van der Waals surface area contributed by atoms with E-state index in [1.54, 1.807) is 41.1 Å². The molecule has 0 amide bonds. The van der Waals surface area contributed by atoms with Gasteiger partial charge >= 0.3 is 0 Å². The molecule has 102 valence electrons. The van der Waals surface area contributed by atoms with Crippen LogP contribution in [0.4, 0.5) is 4.39 Å². The number of rotatable bonds is 1. The Morgan fingerprint density at radius 2 is 1.95 bits per heavy atom. The third kappa shape index (κ3) is 1.86. The average molecular weight is 299 g/mol. The van der Waals surface area contributed by atoms with Crippen molar-refractivity contribution in [3.8, 4) is 11.3 Å². The van der Waals surface area contributed by atoms with E-state index in [2.05, 4.69) is 15.2 Å². The maximum Gasteiger partial charge on any atom is 0.255 e. The molecule has 2 aromatic carbocycles. The number of hydrogen-bond donors (Lipinski definition) is 0. The average Bonchev–Trinajstić information content (AvgIpc) is 2.95. The fraction of sp³-hybridized carbons (Fsp3) is 0. The van der Waals surface area contributed by atoms with Gasteiger partial charge in [-0.2, -0.15) is 0 Å². The van der Waals surface area contributed by atoms with Crippen LogP contribution in [0, 0.1) is 5.82 Å². The highest BCUT2D eigenvalue weighted by atomic mass is 35.5. The number of benzene rings is 2. The first-order valence-electron chi connectivity index (χ1n) is 6.28. The molecule has 0 N–H and O–H groups in total. The highest BCUT2D eigenvalue weighted by Gasteiger charge is 2.14. The van der Waals surface area contributed by atoms with Crippen LogP contribution in [0.15, 0.2) is 48.8 Å². The Labute approximate surface area is 123 Å². The molecule has 0 radical (unpaired) electrons. The lowest BCUT2D eigenvalue weighted by Crippen LogP contribution is -1.96. The van der Waals surface area contributed by atoms with Gasteiger partial charge in [0.05, 0.1) is 11.2 Å². The van der Waals surface area contributed by atoms with Gasteiger partial charge in [0.1, 0.15) is 12.1 Å². The summed E-state index contributed by atoms with van der Waals surface area (Å²) < 4.78 is 15.9. The van der Waals surface area contributed by atoms with Crippen molar-refractivity contribution in [3.63, 3.8) is 0 Å². The largest absolute Gasteiger partial charge is 0.265 e. The summed E-state index contributed by atoms with van der Waals surface area (Å²) >= 11 is 6.08. The quantitative estimate of drug-likeness (QED) is 0.538. The zero-order valence-electron chi connectivity index (χ0n) is 10.7. The Kier molecular flexibility index (Phi) is 2.62. The summed E-state index contributed by atoms with van der Waals surface area (Å²) in [5.41, 5.74) is 1.74. The highest BCUT2D eigenvalue weighted by molar-refractivity contribution is 6.31. The van der Waals surface area contributed by atoms with E-state index >= 15 is 0 Å². The zero-order valence-corrected chi connectivity index (χ0v) is 11.4. The second-order valence-corrected chi connectivity index (χ2v) is 5.04. The molecule has 0 unspecified atom stereocenters. The van der Waals surface area contributed by atoms with Gasteiger partial charge in [-0.3, -0.25) is 4.40 Å². The Balaban J connectivity index is 2.20. The first kappa shape index (κ1) is 12.2. The number of nitrogens with zero attached hydrogens (tertiary/aromatic N) is 4. The van der Waals surface area contributed by atoms with Gasteiger partial charge < -0.3 is 0 Å². The standard InChI is InChI=1S/C15H8ClFN4/c16-9-5-6-13-11(7-9)14(10-3-1-2-4-12(10)17)19-15-20-18-8-21(13)15/h1-8H. The van der Waals surface area contributed by atoms with E-state index in [0.29, 0.717) is 22.1 Å². The fourth-order valence-corrected chi connectivity index (χ4v) is 2.57. The molecule has 0 bridgehead atoms. The second kappa shape index (κ2) is 4.49. The Morgan fingerprint density at radius 3 is 2.81 bits per heavy atom. The van der Waals surface area contributed by atoms with Gasteiger partial charge in [-0.15, -0.1) is 10.2 Å². The van der Waals surface area contributed by atoms with Crippen LogP contribution in [0.25, 0.3) is 27.9 Å². The molecule has 0 saturated carbocycles. The Hall–Kier alpha value is -2.53. The van der Waals surface area contributed by atoms with Crippen LogP contribution in [-0.4, -0.2) is 19.6 Å². The molecule has 0 aliphatic heterocycles. The van der Waals surface area contributed by atoms with Gasteiger partial charge in [-0.1, -0.05) is 23.7 Å². The topological polar surface area (TPSA) is 43.1 Å². The molecular weight excluding hydrogens is 291 g/mol. The lowest BCUT2D eigenvalue weighted by molar-refractivity contribution is 0.631. The van der Waals surface area contributed by atoms with Gasteiger partial charge in [-0.05, 0) is 30.3 Å². The van der Waals surface area contributed by atoms with Crippen LogP contribution in [0.3, 0.4) is 0 Å². The Morgan fingerprint density at radius 1 is 1.10 bits per heavy atom. The first-order chi connectivity index (χ1) is 10.2. The van der Waals surface area contributed by atoms with E-state index in [1.807, 2.05) is 6.07 Å². The van der Waals surface area contributed by atoms with Crippen molar-refractivity contribution < 1.29 is 4.39 Å². The van der Waals surface area contributed by atoms with Crippen molar-refractivity contribution in [1.82, 2.24) is 19.6 Å². The highest BCUT2D eigenvalue weighted by Crippen LogP contribution is 2.30. The van der Waals surface area contributed by atoms with Gasteiger partial charge in [0.2, 0.25) is 0 Å². The molecule has 21 heavy (non-hydrogen) atoms. The SMILES string of the molecule is Fc1ccccc1-c1nc2nncn2c2ccc(Cl)cc12. The molecule has 0 atom stereocenters. The molecule has 2 heterocycles. The van der Waals surface area contributed by atoms with Crippen molar-refractivity contribution in [3.05, 3.63) is 59.6 Å². The van der Waals surface area contributed by atoms with Crippen LogP contribution in [-0.2, 0) is 0 Å². The molecule has 4 nitrogen and oxygen atoms in total. The van der Waals surface area contributed by atoms with E-state index in [9.17, 15) is 4.39 Å².